The quantitative estimate of drug-likeness (QED) is 0.155. The van der Waals surface area contributed by atoms with Crippen molar-refractivity contribution in [3.63, 3.8) is 0 Å². The first-order valence-corrected chi connectivity index (χ1v) is 22.8. The molecule has 0 unspecified atom stereocenters. The molecule has 4 heterocycles. The van der Waals surface area contributed by atoms with E-state index in [2.05, 4.69) is 211 Å². The van der Waals surface area contributed by atoms with Crippen LogP contribution in [0.2, 0.25) is 0 Å². The average molecular weight is 1060 g/mol. The topological polar surface area (TPSA) is 46.7 Å². The summed E-state index contributed by atoms with van der Waals surface area (Å²) in [4.78, 5) is 9.45. The number of pyridine rings is 1. The Labute approximate surface area is 408 Å². The van der Waals surface area contributed by atoms with Gasteiger partial charge in [0, 0.05) is 72.1 Å². The predicted molar refractivity (Wildman–Crippen MR) is 273 cm³/mol. The van der Waals surface area contributed by atoms with E-state index in [0.717, 1.165) is 83.4 Å². The molecule has 0 atom stereocenters. The van der Waals surface area contributed by atoms with E-state index in [9.17, 15) is 0 Å². The summed E-state index contributed by atoms with van der Waals surface area (Å²) in [7, 11) is 0. The molecule has 11 rings (SSSR count). The molecule has 3 aromatic heterocycles. The van der Waals surface area contributed by atoms with Crippen LogP contribution < -0.4 is 14.5 Å². The number of aromatic nitrogens is 2. The Balaban J connectivity index is 0.00000525. The zero-order valence-electron chi connectivity index (χ0n) is 39.4. The van der Waals surface area contributed by atoms with Crippen LogP contribution in [-0.4, -0.2) is 9.55 Å². The van der Waals surface area contributed by atoms with Crippen LogP contribution in [0.1, 0.15) is 79.0 Å². The third-order valence-electron chi connectivity index (χ3n) is 13.0. The molecule has 0 amide bonds. The van der Waals surface area contributed by atoms with Gasteiger partial charge in [0.25, 0.3) is 0 Å². The van der Waals surface area contributed by atoms with Crippen LogP contribution in [-0.2, 0) is 37.3 Å². The van der Waals surface area contributed by atoms with Crippen LogP contribution >= 0.6 is 0 Å². The number of furan rings is 1. The van der Waals surface area contributed by atoms with Gasteiger partial charge in [-0.2, -0.15) is 12.1 Å². The first-order valence-electron chi connectivity index (χ1n) is 22.8. The number of fused-ring (bicyclic) bond motifs is 7. The number of ether oxygens (including phenoxy) is 1. The van der Waals surface area contributed by atoms with Gasteiger partial charge in [-0.05, 0) is 110 Å². The molecule has 338 valence electrons. The molecule has 0 spiro atoms. The minimum atomic E-state index is -0.0610. The summed E-state index contributed by atoms with van der Waals surface area (Å²) in [6.07, 6.45) is 1.91. The first-order chi connectivity index (χ1) is 31.6. The van der Waals surface area contributed by atoms with E-state index in [-0.39, 0.29) is 37.3 Å². The minimum absolute atomic E-state index is 0. The van der Waals surface area contributed by atoms with E-state index >= 15 is 0 Å². The number of hydrogen-bond acceptors (Lipinski definition) is 5. The van der Waals surface area contributed by atoms with Crippen molar-refractivity contribution in [3.8, 4) is 28.4 Å². The Morgan fingerprint density at radius 1 is 0.522 bits per heavy atom. The van der Waals surface area contributed by atoms with Crippen molar-refractivity contribution in [2.24, 2.45) is 0 Å². The Morgan fingerprint density at radius 3 is 1.90 bits per heavy atom. The van der Waals surface area contributed by atoms with Crippen molar-refractivity contribution < 1.29 is 30.2 Å². The summed E-state index contributed by atoms with van der Waals surface area (Å²) in [6.45, 7) is 22.6. The van der Waals surface area contributed by atoms with Crippen molar-refractivity contribution >= 4 is 66.5 Å². The number of hydrogen-bond donors (Lipinski definition) is 0. The second-order valence-corrected chi connectivity index (χ2v) is 20.7. The minimum Gasteiger partial charge on any atom is -0.509 e. The van der Waals surface area contributed by atoms with E-state index in [1.165, 1.54) is 16.7 Å². The fourth-order valence-electron chi connectivity index (χ4n) is 9.19. The molecule has 0 bridgehead atoms. The molecule has 1 aliphatic rings. The maximum Gasteiger partial charge on any atom is 0.135 e. The van der Waals surface area contributed by atoms with Gasteiger partial charge >= 0.3 is 0 Å². The third-order valence-corrected chi connectivity index (χ3v) is 13.0. The second-order valence-electron chi connectivity index (χ2n) is 20.7. The van der Waals surface area contributed by atoms with Gasteiger partial charge in [0.15, 0.2) is 0 Å². The largest absolute Gasteiger partial charge is 0.509 e. The van der Waals surface area contributed by atoms with E-state index in [1.807, 2.05) is 36.5 Å². The van der Waals surface area contributed by atoms with Crippen molar-refractivity contribution in [2.75, 3.05) is 9.80 Å². The van der Waals surface area contributed by atoms with Gasteiger partial charge in [-0.1, -0.05) is 122 Å². The Kier molecular flexibility index (Phi) is 10.8. The number of benzene rings is 7. The number of nitrogens with zero attached hydrogens (tertiary/aromatic N) is 4. The Bertz CT molecular complexity index is 3490. The fourth-order valence-corrected chi connectivity index (χ4v) is 9.19. The maximum absolute atomic E-state index is 6.71. The molecular formula is C60H53N4O2Pt-3. The molecule has 67 heavy (non-hydrogen) atoms. The van der Waals surface area contributed by atoms with Crippen LogP contribution in [0.4, 0.5) is 22.7 Å². The molecule has 7 heteroatoms. The third kappa shape index (κ3) is 7.99. The van der Waals surface area contributed by atoms with Gasteiger partial charge in [0.05, 0.1) is 0 Å². The monoisotopic (exact) mass is 1060 g/mol. The van der Waals surface area contributed by atoms with Crippen molar-refractivity contribution in [3.05, 3.63) is 187 Å². The number of anilines is 4. The van der Waals surface area contributed by atoms with E-state index in [4.69, 9.17) is 14.1 Å². The van der Waals surface area contributed by atoms with Crippen LogP contribution in [0.3, 0.4) is 0 Å². The predicted octanol–water partition coefficient (Wildman–Crippen LogP) is 16.4. The molecule has 0 N–H and O–H groups in total. The summed E-state index contributed by atoms with van der Waals surface area (Å²) in [5.74, 6) is 2.02. The molecule has 0 aliphatic carbocycles. The normalized spacial score (nSPS) is 13.2. The van der Waals surface area contributed by atoms with Gasteiger partial charge in [0.1, 0.15) is 17.0 Å². The molecule has 7 aromatic carbocycles. The number of para-hydroxylation sites is 3. The van der Waals surface area contributed by atoms with E-state index in [0.29, 0.717) is 11.5 Å². The molecule has 0 fully saturated rings. The first kappa shape index (κ1) is 44.2. The van der Waals surface area contributed by atoms with Gasteiger partial charge in [-0.3, -0.25) is 0 Å². The summed E-state index contributed by atoms with van der Waals surface area (Å²) in [6, 6.07) is 58.8. The van der Waals surface area contributed by atoms with Crippen molar-refractivity contribution in [2.45, 2.75) is 78.6 Å². The number of rotatable bonds is 6. The van der Waals surface area contributed by atoms with E-state index < -0.39 is 0 Å². The van der Waals surface area contributed by atoms with Crippen LogP contribution in [0.5, 0.6) is 11.5 Å². The second kappa shape index (κ2) is 16.3. The standard InChI is InChI=1S/C60H53N4O2.Pt/c1-58(2,3)40-27-28-61-57(34-40)64-51-25-21-38(39-22-26-56-50(30-39)48-17-10-13-20-55(48)66-56)29-49(51)47-24-23-46(36-54(47)64)65-45-16-14-15-43(35-45)62-37-63(53-19-12-11-18-52(53)62)44-32-41(59(4,5)6)31-42(33-44)60(7,8)9;/h10-34,37H,1-9H3;/q-3;. The zero-order valence-corrected chi connectivity index (χ0v) is 41.7. The summed E-state index contributed by atoms with van der Waals surface area (Å²) >= 11 is 0. The van der Waals surface area contributed by atoms with Gasteiger partial charge < -0.3 is 23.5 Å². The summed E-state index contributed by atoms with van der Waals surface area (Å²) < 4.78 is 15.1. The van der Waals surface area contributed by atoms with Gasteiger partial charge in [-0.15, -0.1) is 48.1 Å². The van der Waals surface area contributed by atoms with Crippen molar-refractivity contribution in [1.82, 2.24) is 9.55 Å². The molecule has 6 nitrogen and oxygen atoms in total. The maximum atomic E-state index is 6.71. The Morgan fingerprint density at radius 2 is 1.16 bits per heavy atom. The van der Waals surface area contributed by atoms with Gasteiger partial charge in [-0.25, -0.2) is 4.98 Å². The average Bonchev–Trinajstić information content (AvgIpc) is 3.97. The van der Waals surface area contributed by atoms with Crippen molar-refractivity contribution in [1.29, 1.82) is 0 Å². The SMILES string of the molecule is CC(C)(C)c1cc(N2[CH-]N(c3[c-]c(Oc4[c-]c5c(cc4)c4cc(-c6ccc7oc8ccccc8c7c6)ccc4n5-c4cc(C(C)(C)C)ccn4)ccc3)c3ccccc32)cc(C(C)(C)C)c1.[Pt]. The van der Waals surface area contributed by atoms with Gasteiger partial charge in [0.2, 0.25) is 0 Å². The molecule has 0 saturated heterocycles. The zero-order chi connectivity index (χ0) is 45.7. The summed E-state index contributed by atoms with van der Waals surface area (Å²) in [5, 5.41) is 4.39. The Hall–Kier alpha value is -6.62. The van der Waals surface area contributed by atoms with Crippen LogP contribution in [0.15, 0.2) is 156 Å². The molecule has 0 radical (unpaired) electrons. The molecule has 0 saturated carbocycles. The molecule has 1 aliphatic heterocycles. The smallest absolute Gasteiger partial charge is 0.135 e. The molecule has 10 aromatic rings. The van der Waals surface area contributed by atoms with E-state index in [1.54, 1.807) is 0 Å². The fraction of sp³-hybridized carbons (Fsp3) is 0.200. The summed E-state index contributed by atoms with van der Waals surface area (Å²) in [5.41, 5.74) is 13.9. The molecular weight excluding hydrogens is 1000 g/mol. The van der Waals surface area contributed by atoms with Crippen LogP contribution in [0, 0.1) is 18.8 Å². The van der Waals surface area contributed by atoms with Crippen LogP contribution in [0.25, 0.3) is 60.7 Å².